The highest BCUT2D eigenvalue weighted by atomic mass is 32.2. The monoisotopic (exact) mass is 451 g/mol. The third-order valence-electron chi connectivity index (χ3n) is 4.53. The summed E-state index contributed by atoms with van der Waals surface area (Å²) in [5.74, 6) is -1.57. The molecule has 3 rings (SSSR count). The molecule has 3 aromatic rings. The second kappa shape index (κ2) is 10.4. The van der Waals surface area contributed by atoms with Gasteiger partial charge in [-0.25, -0.2) is 4.79 Å². The Labute approximate surface area is 186 Å². The van der Waals surface area contributed by atoms with E-state index in [0.29, 0.717) is 21.8 Å². The van der Waals surface area contributed by atoms with Crippen LogP contribution in [0, 0.1) is 0 Å². The fraction of sp³-hybridized carbons (Fsp3) is 0.0870. The van der Waals surface area contributed by atoms with Crippen LogP contribution < -0.4 is 16.4 Å². The Balaban J connectivity index is 1.89. The number of amides is 3. The minimum atomic E-state index is -1.76. The Morgan fingerprint density at radius 3 is 2.28 bits per heavy atom. The van der Waals surface area contributed by atoms with Gasteiger partial charge in [-0.2, -0.15) is 0 Å². The Hall–Kier alpha value is -3.98. The van der Waals surface area contributed by atoms with Crippen LogP contribution in [0.3, 0.4) is 0 Å². The molecule has 0 aliphatic rings. The van der Waals surface area contributed by atoms with E-state index in [1.54, 1.807) is 72.8 Å². The van der Waals surface area contributed by atoms with E-state index in [-0.39, 0.29) is 12.0 Å². The predicted molar refractivity (Wildman–Crippen MR) is 122 cm³/mol. The topological polar surface area (TPSA) is 139 Å². The van der Waals surface area contributed by atoms with Gasteiger partial charge in [0.25, 0.3) is 5.91 Å². The SMILES string of the molecule is NC(=O)Nc1cccc(C(=O)Nc2ccccc2S(=O)C(CC(=O)O)c2ccccc2)c1. The summed E-state index contributed by atoms with van der Waals surface area (Å²) in [5, 5.41) is 13.7. The molecule has 0 aliphatic carbocycles. The molecular weight excluding hydrogens is 430 g/mol. The number of carbonyl (C=O) groups excluding carboxylic acids is 2. The number of carboxylic acid groups (broad SMARTS) is 1. The Morgan fingerprint density at radius 1 is 0.906 bits per heavy atom. The van der Waals surface area contributed by atoms with Crippen LogP contribution in [0.2, 0.25) is 0 Å². The summed E-state index contributed by atoms with van der Waals surface area (Å²) < 4.78 is 13.4. The molecule has 2 unspecified atom stereocenters. The van der Waals surface area contributed by atoms with Crippen molar-refractivity contribution >= 4 is 40.1 Å². The van der Waals surface area contributed by atoms with Crippen LogP contribution in [0.15, 0.2) is 83.8 Å². The van der Waals surface area contributed by atoms with Crippen molar-refractivity contribution in [2.24, 2.45) is 5.73 Å². The number of benzene rings is 3. The van der Waals surface area contributed by atoms with Crippen molar-refractivity contribution in [2.45, 2.75) is 16.6 Å². The smallest absolute Gasteiger partial charge is 0.316 e. The molecule has 32 heavy (non-hydrogen) atoms. The highest BCUT2D eigenvalue weighted by Gasteiger charge is 2.25. The molecule has 0 saturated heterocycles. The van der Waals surface area contributed by atoms with Gasteiger partial charge in [0.2, 0.25) is 0 Å². The number of carbonyl (C=O) groups is 3. The van der Waals surface area contributed by atoms with E-state index in [2.05, 4.69) is 10.6 Å². The molecular formula is C23H21N3O5S. The van der Waals surface area contributed by atoms with Gasteiger partial charge in [0.05, 0.1) is 33.1 Å². The van der Waals surface area contributed by atoms with Crippen molar-refractivity contribution in [3.8, 4) is 0 Å². The summed E-state index contributed by atoms with van der Waals surface area (Å²) in [6.45, 7) is 0. The average molecular weight is 452 g/mol. The molecule has 5 N–H and O–H groups in total. The molecule has 0 fully saturated rings. The fourth-order valence-electron chi connectivity index (χ4n) is 3.12. The molecule has 0 bridgehead atoms. The summed E-state index contributed by atoms with van der Waals surface area (Å²) in [4.78, 5) is 35.6. The van der Waals surface area contributed by atoms with Gasteiger partial charge < -0.3 is 21.5 Å². The summed E-state index contributed by atoms with van der Waals surface area (Å²) >= 11 is 0. The quantitative estimate of drug-likeness (QED) is 0.413. The highest BCUT2D eigenvalue weighted by Crippen LogP contribution is 2.32. The summed E-state index contributed by atoms with van der Waals surface area (Å²) in [6.07, 6.45) is -0.334. The van der Waals surface area contributed by atoms with Crippen molar-refractivity contribution in [3.63, 3.8) is 0 Å². The zero-order valence-corrected chi connectivity index (χ0v) is 17.7. The van der Waals surface area contributed by atoms with Gasteiger partial charge in [0, 0.05) is 11.3 Å². The lowest BCUT2D eigenvalue weighted by Crippen LogP contribution is -2.20. The lowest BCUT2D eigenvalue weighted by molar-refractivity contribution is -0.137. The standard InChI is InChI=1S/C23H21N3O5S/c24-23(30)25-17-10-6-9-16(13-17)22(29)26-18-11-4-5-12-19(18)32(31)20(14-21(27)28)15-7-2-1-3-8-15/h1-13,20H,14H2,(H,26,29)(H,27,28)(H3,24,25,30). The van der Waals surface area contributed by atoms with Crippen molar-refractivity contribution in [1.29, 1.82) is 0 Å². The largest absolute Gasteiger partial charge is 0.481 e. The summed E-state index contributed by atoms with van der Waals surface area (Å²) in [5.41, 5.74) is 6.64. The van der Waals surface area contributed by atoms with Crippen LogP contribution in [0.25, 0.3) is 0 Å². The number of anilines is 2. The number of nitrogens with two attached hydrogens (primary N) is 1. The molecule has 0 spiro atoms. The first-order chi connectivity index (χ1) is 15.3. The van der Waals surface area contributed by atoms with Gasteiger partial charge in [0.1, 0.15) is 0 Å². The molecule has 2 atom stereocenters. The third-order valence-corrected chi connectivity index (χ3v) is 6.28. The average Bonchev–Trinajstić information content (AvgIpc) is 2.77. The molecule has 0 aromatic heterocycles. The Morgan fingerprint density at radius 2 is 1.59 bits per heavy atom. The van der Waals surface area contributed by atoms with E-state index in [0.717, 1.165) is 0 Å². The Bertz CT molecular complexity index is 1170. The first-order valence-corrected chi connectivity index (χ1v) is 10.8. The number of rotatable bonds is 8. The number of para-hydroxylation sites is 1. The van der Waals surface area contributed by atoms with Gasteiger partial charge in [-0.3, -0.25) is 13.8 Å². The number of aliphatic carboxylic acids is 1. The molecule has 3 aromatic carbocycles. The normalized spacial score (nSPS) is 12.4. The predicted octanol–water partition coefficient (Wildman–Crippen LogP) is 3.75. The minimum absolute atomic E-state index is 0.252. The highest BCUT2D eigenvalue weighted by molar-refractivity contribution is 7.85. The van der Waals surface area contributed by atoms with E-state index in [4.69, 9.17) is 5.73 Å². The van der Waals surface area contributed by atoms with Gasteiger partial charge >= 0.3 is 12.0 Å². The molecule has 0 saturated carbocycles. The molecule has 164 valence electrons. The van der Waals surface area contributed by atoms with Crippen LogP contribution in [0.1, 0.15) is 27.6 Å². The maximum absolute atomic E-state index is 13.4. The number of primary amides is 1. The van der Waals surface area contributed by atoms with E-state index in [1.165, 1.54) is 6.07 Å². The van der Waals surface area contributed by atoms with Gasteiger partial charge in [0.15, 0.2) is 0 Å². The number of carboxylic acids is 1. The number of urea groups is 1. The molecule has 3 amide bonds. The van der Waals surface area contributed by atoms with Gasteiger partial charge in [-0.15, -0.1) is 0 Å². The van der Waals surface area contributed by atoms with Crippen molar-refractivity contribution in [2.75, 3.05) is 10.6 Å². The second-order valence-corrected chi connectivity index (χ2v) is 8.42. The zero-order chi connectivity index (χ0) is 23.1. The molecule has 0 aliphatic heterocycles. The van der Waals surface area contributed by atoms with E-state index in [1.807, 2.05) is 0 Å². The van der Waals surface area contributed by atoms with Gasteiger partial charge in [-0.05, 0) is 35.9 Å². The molecule has 9 heteroatoms. The van der Waals surface area contributed by atoms with Crippen molar-refractivity contribution in [1.82, 2.24) is 0 Å². The maximum atomic E-state index is 13.4. The molecule has 0 radical (unpaired) electrons. The van der Waals surface area contributed by atoms with Crippen molar-refractivity contribution in [3.05, 3.63) is 90.0 Å². The molecule has 8 nitrogen and oxygen atoms in total. The second-order valence-electron chi connectivity index (χ2n) is 6.81. The number of hydrogen-bond acceptors (Lipinski definition) is 4. The maximum Gasteiger partial charge on any atom is 0.316 e. The minimum Gasteiger partial charge on any atom is -0.481 e. The number of hydrogen-bond donors (Lipinski definition) is 4. The summed E-state index contributed by atoms with van der Waals surface area (Å²) in [6, 6.07) is 20.7. The molecule has 0 heterocycles. The third kappa shape index (κ3) is 5.79. The van der Waals surface area contributed by atoms with Gasteiger partial charge in [-0.1, -0.05) is 48.5 Å². The van der Waals surface area contributed by atoms with Crippen LogP contribution in [-0.2, 0) is 15.6 Å². The lowest BCUT2D eigenvalue weighted by atomic mass is 10.1. The van der Waals surface area contributed by atoms with Crippen LogP contribution in [-0.4, -0.2) is 27.2 Å². The van der Waals surface area contributed by atoms with E-state index in [9.17, 15) is 23.7 Å². The summed E-state index contributed by atoms with van der Waals surface area (Å²) in [7, 11) is -1.76. The fourth-order valence-corrected chi connectivity index (χ4v) is 4.67. The van der Waals surface area contributed by atoms with E-state index < -0.39 is 34.0 Å². The zero-order valence-electron chi connectivity index (χ0n) is 16.9. The first kappa shape index (κ1) is 22.7. The van der Waals surface area contributed by atoms with E-state index >= 15 is 0 Å². The first-order valence-electron chi connectivity index (χ1n) is 9.59. The van der Waals surface area contributed by atoms with Crippen LogP contribution in [0.5, 0.6) is 0 Å². The number of nitrogens with one attached hydrogen (secondary N) is 2. The van der Waals surface area contributed by atoms with Crippen molar-refractivity contribution < 1.29 is 23.7 Å². The Kier molecular flexibility index (Phi) is 7.35. The van der Waals surface area contributed by atoms with Crippen LogP contribution in [0.4, 0.5) is 16.2 Å². The lowest BCUT2D eigenvalue weighted by Gasteiger charge is -2.18. The van der Waals surface area contributed by atoms with Crippen LogP contribution >= 0.6 is 0 Å².